The number of hydrogen-bond acceptors (Lipinski definition) is 5. The average Bonchev–Trinajstić information content (AvgIpc) is 2.91. The monoisotopic (exact) mass is 282 g/mol. The molecule has 108 valence electrons. The molecule has 1 aliphatic rings. The first kappa shape index (κ1) is 14.7. The molecule has 0 radical (unpaired) electrons. The summed E-state index contributed by atoms with van der Waals surface area (Å²) in [6, 6.07) is 0.759. The highest BCUT2D eigenvalue weighted by Crippen LogP contribution is 2.25. The number of hydrogen-bond donors (Lipinski definition) is 1. The fourth-order valence-electron chi connectivity index (χ4n) is 2.74. The van der Waals surface area contributed by atoms with E-state index in [1.165, 1.54) is 32.1 Å². The van der Waals surface area contributed by atoms with Crippen molar-refractivity contribution in [2.75, 3.05) is 18.4 Å². The molecule has 1 aromatic rings. The maximum absolute atomic E-state index is 4.32. The smallest absolute Gasteiger partial charge is 0.205 e. The van der Waals surface area contributed by atoms with Gasteiger partial charge in [-0.05, 0) is 25.8 Å². The van der Waals surface area contributed by atoms with Crippen LogP contribution in [-0.4, -0.2) is 34.2 Å². The third-order valence-electron chi connectivity index (χ3n) is 3.83. The van der Waals surface area contributed by atoms with Crippen molar-refractivity contribution in [3.63, 3.8) is 0 Å². The normalized spacial score (nSPS) is 17.0. The predicted molar refractivity (Wildman–Crippen MR) is 81.6 cm³/mol. The van der Waals surface area contributed by atoms with E-state index in [2.05, 4.69) is 34.3 Å². The fourth-order valence-corrected chi connectivity index (χ4v) is 3.53. The quantitative estimate of drug-likeness (QED) is 0.831. The Morgan fingerprint density at radius 2 is 2.00 bits per heavy atom. The van der Waals surface area contributed by atoms with Crippen molar-refractivity contribution >= 4 is 16.5 Å². The predicted octanol–water partition coefficient (Wildman–Crippen LogP) is 3.51. The van der Waals surface area contributed by atoms with Crippen molar-refractivity contribution in [1.82, 2.24) is 15.1 Å². The summed E-state index contributed by atoms with van der Waals surface area (Å²) in [6.45, 7) is 7.48. The van der Waals surface area contributed by atoms with E-state index >= 15 is 0 Å². The Morgan fingerprint density at radius 3 is 2.68 bits per heavy atom. The fraction of sp³-hybridized carbons (Fsp3) is 0.857. The van der Waals surface area contributed by atoms with Gasteiger partial charge in [0.05, 0.1) is 6.54 Å². The van der Waals surface area contributed by atoms with E-state index in [9.17, 15) is 0 Å². The van der Waals surface area contributed by atoms with E-state index in [1.54, 1.807) is 11.3 Å². The largest absolute Gasteiger partial charge is 0.360 e. The summed E-state index contributed by atoms with van der Waals surface area (Å²) in [4.78, 5) is 2.57. The zero-order valence-corrected chi connectivity index (χ0v) is 13.0. The third-order valence-corrected chi connectivity index (χ3v) is 4.69. The van der Waals surface area contributed by atoms with Crippen molar-refractivity contribution in [2.24, 2.45) is 0 Å². The molecular weight excluding hydrogens is 256 g/mol. The van der Waals surface area contributed by atoms with Crippen LogP contribution in [0.5, 0.6) is 0 Å². The van der Waals surface area contributed by atoms with Crippen LogP contribution in [0, 0.1) is 0 Å². The molecule has 19 heavy (non-hydrogen) atoms. The molecule has 1 saturated carbocycles. The zero-order chi connectivity index (χ0) is 13.5. The average molecular weight is 282 g/mol. The molecule has 1 aliphatic carbocycles. The number of nitrogens with zero attached hydrogens (tertiary/aromatic N) is 3. The van der Waals surface area contributed by atoms with E-state index < -0.39 is 0 Å². The van der Waals surface area contributed by atoms with Gasteiger partial charge >= 0.3 is 0 Å². The Bertz CT molecular complexity index is 360. The van der Waals surface area contributed by atoms with Gasteiger partial charge in [-0.2, -0.15) is 0 Å². The summed E-state index contributed by atoms with van der Waals surface area (Å²) in [5.74, 6) is 0. The van der Waals surface area contributed by atoms with Crippen LogP contribution in [0.1, 0.15) is 57.4 Å². The molecule has 1 N–H and O–H groups in total. The molecule has 0 spiro atoms. The summed E-state index contributed by atoms with van der Waals surface area (Å²) >= 11 is 1.71. The van der Waals surface area contributed by atoms with Crippen LogP contribution in [0.2, 0.25) is 0 Å². The van der Waals surface area contributed by atoms with Crippen LogP contribution in [-0.2, 0) is 6.54 Å². The number of aromatic nitrogens is 2. The van der Waals surface area contributed by atoms with E-state index in [1.807, 2.05) is 0 Å². The number of nitrogens with one attached hydrogen (secondary N) is 1. The lowest BCUT2D eigenvalue weighted by Gasteiger charge is -2.32. The molecule has 0 aliphatic heterocycles. The molecule has 1 aromatic heterocycles. The SMILES string of the molecule is CCCNc1nnc(CN(CC)C2CCCCC2)s1. The van der Waals surface area contributed by atoms with Gasteiger partial charge in [-0.3, -0.25) is 4.90 Å². The molecule has 1 fully saturated rings. The molecule has 0 atom stereocenters. The summed E-state index contributed by atoms with van der Waals surface area (Å²) in [5.41, 5.74) is 0. The molecule has 4 nitrogen and oxygen atoms in total. The van der Waals surface area contributed by atoms with Gasteiger partial charge in [0.15, 0.2) is 0 Å². The second-order valence-electron chi connectivity index (χ2n) is 5.28. The minimum Gasteiger partial charge on any atom is -0.360 e. The molecule has 0 saturated heterocycles. The van der Waals surface area contributed by atoms with E-state index in [4.69, 9.17) is 0 Å². The molecule has 0 aromatic carbocycles. The van der Waals surface area contributed by atoms with Crippen LogP contribution in [0.15, 0.2) is 0 Å². The molecule has 1 heterocycles. The van der Waals surface area contributed by atoms with E-state index in [0.717, 1.165) is 42.2 Å². The first-order chi connectivity index (χ1) is 9.33. The van der Waals surface area contributed by atoms with Gasteiger partial charge in [0.25, 0.3) is 0 Å². The molecule has 0 unspecified atom stereocenters. The van der Waals surface area contributed by atoms with Crippen molar-refractivity contribution in [2.45, 2.75) is 65.0 Å². The molecule has 5 heteroatoms. The van der Waals surface area contributed by atoms with Gasteiger partial charge < -0.3 is 5.32 Å². The maximum atomic E-state index is 4.32. The Hall–Kier alpha value is -0.680. The van der Waals surface area contributed by atoms with Crippen LogP contribution >= 0.6 is 11.3 Å². The lowest BCUT2D eigenvalue weighted by molar-refractivity contribution is 0.155. The number of rotatable bonds is 7. The first-order valence-corrected chi connectivity index (χ1v) is 8.45. The second kappa shape index (κ2) is 7.80. The summed E-state index contributed by atoms with van der Waals surface area (Å²) in [7, 11) is 0. The Balaban J connectivity index is 1.88. The molecule has 0 amide bonds. The maximum Gasteiger partial charge on any atom is 0.205 e. The van der Waals surface area contributed by atoms with Crippen molar-refractivity contribution < 1.29 is 0 Å². The number of anilines is 1. The highest BCUT2D eigenvalue weighted by atomic mass is 32.1. The molecule has 0 bridgehead atoms. The zero-order valence-electron chi connectivity index (χ0n) is 12.2. The van der Waals surface area contributed by atoms with Gasteiger partial charge in [0.1, 0.15) is 5.01 Å². The standard InChI is InChI=1S/C14H26N4S/c1-3-10-15-14-17-16-13(19-14)11-18(4-2)12-8-6-5-7-9-12/h12H,3-11H2,1-2H3,(H,15,17). The van der Waals surface area contributed by atoms with E-state index in [0.29, 0.717) is 0 Å². The Kier molecular flexibility index (Phi) is 6.04. The Labute approximate surface area is 120 Å². The first-order valence-electron chi connectivity index (χ1n) is 7.63. The minimum atomic E-state index is 0.759. The van der Waals surface area contributed by atoms with Gasteiger partial charge in [0, 0.05) is 12.6 Å². The topological polar surface area (TPSA) is 41.1 Å². The minimum absolute atomic E-state index is 0.759. The van der Waals surface area contributed by atoms with Crippen LogP contribution in [0.25, 0.3) is 0 Å². The third kappa shape index (κ3) is 4.42. The summed E-state index contributed by atoms with van der Waals surface area (Å²) in [6.07, 6.45) is 8.03. The van der Waals surface area contributed by atoms with Crippen LogP contribution in [0.3, 0.4) is 0 Å². The van der Waals surface area contributed by atoms with E-state index in [-0.39, 0.29) is 0 Å². The highest BCUT2D eigenvalue weighted by molar-refractivity contribution is 7.15. The Morgan fingerprint density at radius 1 is 1.21 bits per heavy atom. The highest BCUT2D eigenvalue weighted by Gasteiger charge is 2.21. The lowest BCUT2D eigenvalue weighted by Crippen LogP contribution is -2.36. The van der Waals surface area contributed by atoms with Gasteiger partial charge in [-0.15, -0.1) is 10.2 Å². The second-order valence-corrected chi connectivity index (χ2v) is 6.34. The lowest BCUT2D eigenvalue weighted by atomic mass is 9.94. The molecular formula is C14H26N4S. The molecule has 2 rings (SSSR count). The van der Waals surface area contributed by atoms with Crippen molar-refractivity contribution in [3.05, 3.63) is 5.01 Å². The summed E-state index contributed by atoms with van der Waals surface area (Å²) in [5, 5.41) is 14.0. The van der Waals surface area contributed by atoms with Crippen LogP contribution < -0.4 is 5.32 Å². The van der Waals surface area contributed by atoms with Gasteiger partial charge in [0.2, 0.25) is 5.13 Å². The van der Waals surface area contributed by atoms with Gasteiger partial charge in [-0.1, -0.05) is 44.4 Å². The van der Waals surface area contributed by atoms with Gasteiger partial charge in [-0.25, -0.2) is 0 Å². The summed E-state index contributed by atoms with van der Waals surface area (Å²) < 4.78 is 0. The van der Waals surface area contributed by atoms with Crippen molar-refractivity contribution in [1.29, 1.82) is 0 Å². The van der Waals surface area contributed by atoms with Crippen molar-refractivity contribution in [3.8, 4) is 0 Å². The van der Waals surface area contributed by atoms with Crippen LogP contribution in [0.4, 0.5) is 5.13 Å².